The molecule has 0 aromatic carbocycles. The van der Waals surface area contributed by atoms with Crippen molar-refractivity contribution in [2.45, 2.75) is 6.92 Å². The maximum Gasteiger partial charge on any atom is 0.266 e. The quantitative estimate of drug-likeness (QED) is 0.482. The van der Waals surface area contributed by atoms with Crippen molar-refractivity contribution in [1.29, 1.82) is 0 Å². The van der Waals surface area contributed by atoms with E-state index in [2.05, 4.69) is 5.32 Å². The Balaban J connectivity index is -0.000000405. The summed E-state index contributed by atoms with van der Waals surface area (Å²) in [6, 6.07) is 0. The minimum absolute atomic E-state index is 0. The van der Waals surface area contributed by atoms with Crippen molar-refractivity contribution in [2.24, 2.45) is 0 Å². The second-order valence-electron chi connectivity index (χ2n) is 1.77. The lowest BCUT2D eigenvalue weighted by Gasteiger charge is -1.97. The summed E-state index contributed by atoms with van der Waals surface area (Å²) in [6.45, 7) is 1.22. The van der Waals surface area contributed by atoms with Crippen LogP contribution in [-0.4, -0.2) is 42.1 Å². The average molecular weight is 203 g/mol. The summed E-state index contributed by atoms with van der Waals surface area (Å²) in [7, 11) is -3.93. The zero-order chi connectivity index (χ0) is 8.20. The highest BCUT2D eigenvalue weighted by atomic mass is 32.2. The first-order chi connectivity index (χ1) is 4.42. The standard InChI is InChI=1S/C4H9NO4S.2H2O/c1-4(6)5-2-3-10(7,8)9;;/h2-3H2,1H3,(H,5,6)(H,7,8,9);2*1H2. The van der Waals surface area contributed by atoms with Gasteiger partial charge in [-0.3, -0.25) is 9.35 Å². The molecule has 0 aliphatic rings. The van der Waals surface area contributed by atoms with Gasteiger partial charge in [0, 0.05) is 13.5 Å². The van der Waals surface area contributed by atoms with Gasteiger partial charge in [-0.15, -0.1) is 0 Å². The van der Waals surface area contributed by atoms with Gasteiger partial charge < -0.3 is 16.3 Å². The van der Waals surface area contributed by atoms with E-state index in [-0.39, 0.29) is 23.4 Å². The lowest BCUT2D eigenvalue weighted by molar-refractivity contribution is -0.118. The predicted molar refractivity (Wildman–Crippen MR) is 42.3 cm³/mol. The van der Waals surface area contributed by atoms with Crippen molar-refractivity contribution < 1.29 is 28.7 Å². The molecule has 0 aliphatic carbocycles. The second-order valence-corrected chi connectivity index (χ2v) is 3.34. The number of carbonyl (C=O) groups is 1. The van der Waals surface area contributed by atoms with Crippen molar-refractivity contribution >= 4 is 16.0 Å². The van der Waals surface area contributed by atoms with E-state index in [1.54, 1.807) is 0 Å². The fraction of sp³-hybridized carbons (Fsp3) is 0.750. The number of hydrogen-bond acceptors (Lipinski definition) is 3. The van der Waals surface area contributed by atoms with E-state index < -0.39 is 15.9 Å². The first-order valence-electron chi connectivity index (χ1n) is 2.61. The Morgan fingerprint density at radius 1 is 1.42 bits per heavy atom. The fourth-order valence-electron chi connectivity index (χ4n) is 0.356. The van der Waals surface area contributed by atoms with Crippen molar-refractivity contribution in [2.75, 3.05) is 12.3 Å². The third-order valence-corrected chi connectivity index (χ3v) is 1.45. The van der Waals surface area contributed by atoms with Gasteiger partial charge in [-0.1, -0.05) is 0 Å². The van der Waals surface area contributed by atoms with Gasteiger partial charge in [0.05, 0.1) is 5.75 Å². The van der Waals surface area contributed by atoms with Gasteiger partial charge in [-0.25, -0.2) is 0 Å². The molecular formula is C4H13NO6S. The summed E-state index contributed by atoms with van der Waals surface area (Å²) in [4.78, 5) is 10.1. The highest BCUT2D eigenvalue weighted by Crippen LogP contribution is 1.77. The Bertz CT molecular complexity index is 210. The summed E-state index contributed by atoms with van der Waals surface area (Å²) in [6.07, 6.45) is 0. The summed E-state index contributed by atoms with van der Waals surface area (Å²) >= 11 is 0. The van der Waals surface area contributed by atoms with Crippen LogP contribution in [-0.2, 0) is 14.9 Å². The van der Waals surface area contributed by atoms with Crippen molar-refractivity contribution in [3.05, 3.63) is 0 Å². The Labute approximate surface area is 70.1 Å². The molecule has 0 heterocycles. The molecular weight excluding hydrogens is 190 g/mol. The number of hydrogen-bond donors (Lipinski definition) is 2. The van der Waals surface area contributed by atoms with Crippen LogP contribution < -0.4 is 5.32 Å². The highest BCUT2D eigenvalue weighted by molar-refractivity contribution is 7.85. The van der Waals surface area contributed by atoms with Crippen LogP contribution >= 0.6 is 0 Å². The van der Waals surface area contributed by atoms with Crippen LogP contribution in [0.25, 0.3) is 0 Å². The molecule has 0 spiro atoms. The summed E-state index contributed by atoms with van der Waals surface area (Å²) in [5.74, 6) is -0.754. The van der Waals surface area contributed by atoms with Crippen LogP contribution in [0.3, 0.4) is 0 Å². The van der Waals surface area contributed by atoms with Crippen molar-refractivity contribution in [1.82, 2.24) is 5.32 Å². The van der Waals surface area contributed by atoms with Crippen LogP contribution in [0.5, 0.6) is 0 Å². The lowest BCUT2D eigenvalue weighted by atomic mass is 10.6. The SMILES string of the molecule is CC(=O)NCCS(=O)(=O)O.O.O. The van der Waals surface area contributed by atoms with Crippen LogP contribution in [0.4, 0.5) is 0 Å². The average Bonchev–Trinajstić information content (AvgIpc) is 1.59. The van der Waals surface area contributed by atoms with Crippen molar-refractivity contribution in [3.63, 3.8) is 0 Å². The second kappa shape index (κ2) is 6.98. The third kappa shape index (κ3) is 16.1. The van der Waals surface area contributed by atoms with Crippen LogP contribution in [0, 0.1) is 0 Å². The molecule has 0 saturated heterocycles. The Morgan fingerprint density at radius 3 is 2.08 bits per heavy atom. The van der Waals surface area contributed by atoms with E-state index in [0.29, 0.717) is 0 Å². The topological polar surface area (TPSA) is 146 Å². The maximum absolute atomic E-state index is 10.1. The molecule has 0 rings (SSSR count). The van der Waals surface area contributed by atoms with Crippen LogP contribution in [0.1, 0.15) is 6.92 Å². The van der Waals surface area contributed by atoms with Gasteiger partial charge in [0.2, 0.25) is 5.91 Å². The van der Waals surface area contributed by atoms with Gasteiger partial charge in [0.15, 0.2) is 0 Å². The molecule has 6 N–H and O–H groups in total. The normalized spacial score (nSPS) is 9.17. The molecule has 8 heteroatoms. The zero-order valence-corrected chi connectivity index (χ0v) is 7.31. The zero-order valence-electron chi connectivity index (χ0n) is 6.49. The largest absolute Gasteiger partial charge is 0.412 e. The van der Waals surface area contributed by atoms with E-state index >= 15 is 0 Å². The molecule has 0 aliphatic heterocycles. The molecule has 0 aromatic rings. The molecule has 0 fully saturated rings. The molecule has 0 aromatic heterocycles. The van der Waals surface area contributed by atoms with Crippen molar-refractivity contribution in [3.8, 4) is 0 Å². The minimum atomic E-state index is -3.93. The Hall–Kier alpha value is -0.700. The summed E-state index contributed by atoms with van der Waals surface area (Å²) in [5.41, 5.74) is 0. The number of amides is 1. The molecule has 0 saturated carbocycles. The molecule has 12 heavy (non-hydrogen) atoms. The number of rotatable bonds is 3. The lowest BCUT2D eigenvalue weighted by Crippen LogP contribution is -2.26. The maximum atomic E-state index is 10.1. The number of nitrogens with one attached hydrogen (secondary N) is 1. The first kappa shape index (κ1) is 17.4. The van der Waals surface area contributed by atoms with E-state index in [0.717, 1.165) is 0 Å². The molecule has 76 valence electrons. The molecule has 1 amide bonds. The molecule has 0 bridgehead atoms. The van der Waals surface area contributed by atoms with E-state index in [1.165, 1.54) is 6.92 Å². The number of carbonyl (C=O) groups excluding carboxylic acids is 1. The monoisotopic (exact) mass is 203 g/mol. The van der Waals surface area contributed by atoms with Crippen LogP contribution in [0.15, 0.2) is 0 Å². The van der Waals surface area contributed by atoms with Gasteiger partial charge in [-0.2, -0.15) is 8.42 Å². The molecule has 0 atom stereocenters. The van der Waals surface area contributed by atoms with Gasteiger partial charge >= 0.3 is 0 Å². The van der Waals surface area contributed by atoms with E-state index in [1.807, 2.05) is 0 Å². The molecule has 0 radical (unpaired) electrons. The Kier molecular flexibility index (Phi) is 10.1. The Morgan fingerprint density at radius 2 is 1.83 bits per heavy atom. The van der Waals surface area contributed by atoms with Crippen LogP contribution in [0.2, 0.25) is 0 Å². The smallest absolute Gasteiger partial charge is 0.266 e. The van der Waals surface area contributed by atoms with E-state index in [4.69, 9.17) is 4.55 Å². The summed E-state index contributed by atoms with van der Waals surface area (Å²) < 4.78 is 28.2. The molecule has 7 nitrogen and oxygen atoms in total. The van der Waals surface area contributed by atoms with Gasteiger partial charge in [-0.05, 0) is 0 Å². The predicted octanol–water partition coefficient (Wildman–Crippen LogP) is -2.64. The third-order valence-electron chi connectivity index (χ3n) is 0.734. The highest BCUT2D eigenvalue weighted by Gasteiger charge is 2.02. The van der Waals surface area contributed by atoms with Gasteiger partial charge in [0.1, 0.15) is 0 Å². The minimum Gasteiger partial charge on any atom is -0.412 e. The van der Waals surface area contributed by atoms with E-state index in [9.17, 15) is 13.2 Å². The summed E-state index contributed by atoms with van der Waals surface area (Å²) in [5, 5.41) is 2.22. The fourth-order valence-corrected chi connectivity index (χ4v) is 0.716. The first-order valence-corrected chi connectivity index (χ1v) is 4.22. The molecule has 0 unspecified atom stereocenters. The van der Waals surface area contributed by atoms with Gasteiger partial charge in [0.25, 0.3) is 10.1 Å².